The van der Waals surface area contributed by atoms with Gasteiger partial charge in [0.25, 0.3) is 0 Å². The molecule has 0 bridgehead atoms. The van der Waals surface area contributed by atoms with Crippen LogP contribution in [0.3, 0.4) is 0 Å². The van der Waals surface area contributed by atoms with E-state index < -0.39 is 0 Å². The highest BCUT2D eigenvalue weighted by atomic mass is 35.5. The fourth-order valence-electron chi connectivity index (χ4n) is 2.42. The first-order valence-electron chi connectivity index (χ1n) is 6.62. The standard InChI is InChI=1S/C18H12N2.2ClH/c1-3-7-15-13(5-1)9-11-17(19-15)18-12-10-14-6-2-4-8-16(14)20-18;;/h1-12H;2*1H. The van der Waals surface area contributed by atoms with Crippen molar-refractivity contribution in [2.45, 2.75) is 0 Å². The van der Waals surface area contributed by atoms with E-state index in [1.165, 1.54) is 0 Å². The Hall–Kier alpha value is -2.16. The second kappa shape index (κ2) is 6.73. The van der Waals surface area contributed by atoms with Crippen LogP contribution in [0.5, 0.6) is 0 Å². The molecule has 0 amide bonds. The van der Waals surface area contributed by atoms with Gasteiger partial charge in [-0.15, -0.1) is 24.8 Å². The SMILES string of the molecule is Cl.Cl.c1ccc2nc(-c3ccc4ccccc4n3)ccc2c1. The summed E-state index contributed by atoms with van der Waals surface area (Å²) in [6.07, 6.45) is 0. The third kappa shape index (κ3) is 2.89. The first-order chi connectivity index (χ1) is 9.90. The normalized spacial score (nSPS) is 10.0. The molecule has 0 aliphatic carbocycles. The zero-order valence-electron chi connectivity index (χ0n) is 11.6. The summed E-state index contributed by atoms with van der Waals surface area (Å²) in [5.74, 6) is 0. The number of nitrogens with zero attached hydrogens (tertiary/aromatic N) is 2. The first-order valence-corrected chi connectivity index (χ1v) is 6.62. The summed E-state index contributed by atoms with van der Waals surface area (Å²) in [5, 5.41) is 2.30. The van der Waals surface area contributed by atoms with E-state index in [2.05, 4.69) is 34.2 Å². The van der Waals surface area contributed by atoms with Gasteiger partial charge in [-0.1, -0.05) is 48.5 Å². The second-order valence-electron chi connectivity index (χ2n) is 4.78. The van der Waals surface area contributed by atoms with E-state index in [1.54, 1.807) is 0 Å². The van der Waals surface area contributed by atoms with Crippen molar-refractivity contribution in [3.8, 4) is 11.4 Å². The molecule has 4 aromatic rings. The van der Waals surface area contributed by atoms with Gasteiger partial charge in [0.1, 0.15) is 0 Å². The Morgan fingerprint density at radius 2 is 0.864 bits per heavy atom. The van der Waals surface area contributed by atoms with E-state index in [-0.39, 0.29) is 24.8 Å². The molecule has 2 aromatic heterocycles. The topological polar surface area (TPSA) is 25.8 Å². The maximum absolute atomic E-state index is 4.69. The molecule has 4 rings (SSSR count). The van der Waals surface area contributed by atoms with Crippen LogP contribution in [0, 0.1) is 0 Å². The highest BCUT2D eigenvalue weighted by Crippen LogP contribution is 2.21. The van der Waals surface area contributed by atoms with E-state index in [0.29, 0.717) is 0 Å². The zero-order valence-corrected chi connectivity index (χ0v) is 13.3. The monoisotopic (exact) mass is 328 g/mol. The van der Waals surface area contributed by atoms with Crippen LogP contribution in [0.15, 0.2) is 72.8 Å². The largest absolute Gasteiger partial charge is 0.246 e. The number of pyridine rings is 2. The van der Waals surface area contributed by atoms with Gasteiger partial charge in [0, 0.05) is 10.8 Å². The molecule has 0 atom stereocenters. The van der Waals surface area contributed by atoms with Gasteiger partial charge in [-0.25, -0.2) is 9.97 Å². The fraction of sp³-hybridized carbons (Fsp3) is 0. The van der Waals surface area contributed by atoms with Crippen molar-refractivity contribution in [3.63, 3.8) is 0 Å². The van der Waals surface area contributed by atoms with Crippen molar-refractivity contribution in [2.24, 2.45) is 0 Å². The van der Waals surface area contributed by atoms with Gasteiger partial charge in [-0.05, 0) is 24.3 Å². The van der Waals surface area contributed by atoms with E-state index in [9.17, 15) is 0 Å². The lowest BCUT2D eigenvalue weighted by molar-refractivity contribution is 1.32. The number of benzene rings is 2. The molecule has 4 heteroatoms. The molecule has 2 heterocycles. The fourth-order valence-corrected chi connectivity index (χ4v) is 2.42. The van der Waals surface area contributed by atoms with Gasteiger partial charge in [0.05, 0.1) is 22.4 Å². The van der Waals surface area contributed by atoms with Crippen LogP contribution in [-0.4, -0.2) is 9.97 Å². The lowest BCUT2D eigenvalue weighted by atomic mass is 10.1. The summed E-state index contributed by atoms with van der Waals surface area (Å²) in [5.41, 5.74) is 3.82. The zero-order chi connectivity index (χ0) is 13.4. The predicted molar refractivity (Wildman–Crippen MR) is 97.0 cm³/mol. The van der Waals surface area contributed by atoms with Gasteiger partial charge in [0.2, 0.25) is 0 Å². The lowest BCUT2D eigenvalue weighted by Gasteiger charge is -2.04. The molecule has 0 spiro atoms. The Balaban J connectivity index is 0.000000882. The summed E-state index contributed by atoms with van der Waals surface area (Å²) in [6, 6.07) is 24.5. The third-order valence-electron chi connectivity index (χ3n) is 3.46. The minimum atomic E-state index is 0. The Morgan fingerprint density at radius 1 is 0.455 bits per heavy atom. The van der Waals surface area contributed by atoms with Crippen molar-refractivity contribution in [2.75, 3.05) is 0 Å². The summed E-state index contributed by atoms with van der Waals surface area (Å²) < 4.78 is 0. The van der Waals surface area contributed by atoms with Crippen molar-refractivity contribution in [1.82, 2.24) is 9.97 Å². The third-order valence-corrected chi connectivity index (χ3v) is 3.46. The van der Waals surface area contributed by atoms with Crippen LogP contribution in [0.2, 0.25) is 0 Å². The molecule has 0 fully saturated rings. The van der Waals surface area contributed by atoms with Crippen molar-refractivity contribution in [3.05, 3.63) is 72.8 Å². The highest BCUT2D eigenvalue weighted by molar-refractivity contribution is 5.86. The van der Waals surface area contributed by atoms with E-state index in [0.717, 1.165) is 33.2 Å². The summed E-state index contributed by atoms with van der Waals surface area (Å²) >= 11 is 0. The molecule has 0 aliphatic heterocycles. The molecule has 0 saturated heterocycles. The Bertz CT molecular complexity index is 845. The van der Waals surface area contributed by atoms with Crippen LogP contribution >= 0.6 is 24.8 Å². The maximum Gasteiger partial charge on any atom is 0.0894 e. The van der Waals surface area contributed by atoms with Crippen molar-refractivity contribution < 1.29 is 0 Å². The predicted octanol–water partition coefficient (Wildman–Crippen LogP) is 5.29. The summed E-state index contributed by atoms with van der Waals surface area (Å²) in [6.45, 7) is 0. The Morgan fingerprint density at radius 3 is 1.32 bits per heavy atom. The lowest BCUT2D eigenvalue weighted by Crippen LogP contribution is -1.89. The van der Waals surface area contributed by atoms with E-state index in [4.69, 9.17) is 0 Å². The van der Waals surface area contributed by atoms with Crippen LogP contribution in [0.1, 0.15) is 0 Å². The Labute approximate surface area is 141 Å². The van der Waals surface area contributed by atoms with Gasteiger partial charge in [-0.2, -0.15) is 0 Å². The average Bonchev–Trinajstić information content (AvgIpc) is 2.54. The second-order valence-corrected chi connectivity index (χ2v) is 4.78. The van der Waals surface area contributed by atoms with Gasteiger partial charge >= 0.3 is 0 Å². The van der Waals surface area contributed by atoms with Crippen molar-refractivity contribution >= 4 is 46.6 Å². The minimum Gasteiger partial charge on any atom is -0.246 e. The molecule has 0 radical (unpaired) electrons. The van der Waals surface area contributed by atoms with E-state index in [1.807, 2.05) is 48.5 Å². The quantitative estimate of drug-likeness (QED) is 0.474. The van der Waals surface area contributed by atoms with Crippen LogP contribution in [0.25, 0.3) is 33.2 Å². The molecular formula is C18H14Cl2N2. The van der Waals surface area contributed by atoms with Crippen LogP contribution < -0.4 is 0 Å². The first kappa shape index (κ1) is 16.2. The Kier molecular flexibility index (Phi) is 4.96. The number of fused-ring (bicyclic) bond motifs is 2. The molecule has 110 valence electrons. The van der Waals surface area contributed by atoms with Crippen molar-refractivity contribution in [1.29, 1.82) is 0 Å². The van der Waals surface area contributed by atoms with Gasteiger partial charge in [-0.3, -0.25) is 0 Å². The number of halogens is 2. The highest BCUT2D eigenvalue weighted by Gasteiger charge is 2.03. The number of para-hydroxylation sites is 2. The molecular weight excluding hydrogens is 315 g/mol. The molecule has 0 saturated carbocycles. The maximum atomic E-state index is 4.69. The van der Waals surface area contributed by atoms with Gasteiger partial charge in [0.15, 0.2) is 0 Å². The van der Waals surface area contributed by atoms with Gasteiger partial charge < -0.3 is 0 Å². The molecule has 0 unspecified atom stereocenters. The molecule has 22 heavy (non-hydrogen) atoms. The average molecular weight is 329 g/mol. The number of hydrogen-bond acceptors (Lipinski definition) is 2. The number of hydrogen-bond donors (Lipinski definition) is 0. The number of aromatic nitrogens is 2. The minimum absolute atomic E-state index is 0. The molecule has 2 aromatic carbocycles. The number of rotatable bonds is 1. The molecule has 0 N–H and O–H groups in total. The van der Waals surface area contributed by atoms with E-state index >= 15 is 0 Å². The summed E-state index contributed by atoms with van der Waals surface area (Å²) in [7, 11) is 0. The molecule has 0 aliphatic rings. The summed E-state index contributed by atoms with van der Waals surface area (Å²) in [4.78, 5) is 9.38. The van der Waals surface area contributed by atoms with Crippen LogP contribution in [-0.2, 0) is 0 Å². The van der Waals surface area contributed by atoms with Crippen LogP contribution in [0.4, 0.5) is 0 Å². The molecule has 2 nitrogen and oxygen atoms in total. The smallest absolute Gasteiger partial charge is 0.0894 e.